The minimum absolute atomic E-state index is 0.0593. The summed E-state index contributed by atoms with van der Waals surface area (Å²) >= 11 is 0. The molecule has 0 saturated carbocycles. The van der Waals surface area contributed by atoms with E-state index in [0.29, 0.717) is 0 Å². The van der Waals surface area contributed by atoms with Crippen LogP contribution in [0.4, 0.5) is 5.69 Å². The fourth-order valence-corrected chi connectivity index (χ4v) is 4.52. The maximum Gasteiger partial charge on any atom is 0.228 e. The van der Waals surface area contributed by atoms with Crippen LogP contribution in [-0.2, 0) is 19.4 Å². The number of sulfone groups is 1. The van der Waals surface area contributed by atoms with Crippen LogP contribution in [0.5, 0.6) is 0 Å². The zero-order chi connectivity index (χ0) is 17.9. The number of para-hydroxylation sites is 1. The molecule has 0 saturated heterocycles. The van der Waals surface area contributed by atoms with E-state index in [9.17, 15) is 18.0 Å². The Morgan fingerprint density at radius 3 is 2.67 bits per heavy atom. The summed E-state index contributed by atoms with van der Waals surface area (Å²) in [5, 5.41) is 2.67. The molecule has 1 aliphatic heterocycles. The molecule has 1 aromatic carbocycles. The molecule has 0 unspecified atom stereocenters. The van der Waals surface area contributed by atoms with E-state index in [1.807, 2.05) is 32.0 Å². The van der Waals surface area contributed by atoms with Crippen molar-refractivity contribution >= 4 is 27.3 Å². The lowest BCUT2D eigenvalue weighted by atomic mass is 9.89. The fraction of sp³-hybridized carbons (Fsp3) is 0.529. The lowest BCUT2D eigenvalue weighted by molar-refractivity contribution is -0.127. The molecule has 132 valence electrons. The summed E-state index contributed by atoms with van der Waals surface area (Å²) in [6.07, 6.45) is 0.0953. The molecule has 0 bridgehead atoms. The van der Waals surface area contributed by atoms with Gasteiger partial charge in [-0.3, -0.25) is 9.59 Å². The molecule has 1 aromatic rings. The third kappa shape index (κ3) is 4.35. The summed E-state index contributed by atoms with van der Waals surface area (Å²) in [6, 6.07) is 7.29. The molecule has 1 atom stereocenters. The molecular weight excluding hydrogens is 328 g/mol. The Morgan fingerprint density at radius 1 is 1.33 bits per heavy atom. The van der Waals surface area contributed by atoms with Crippen LogP contribution in [0.1, 0.15) is 31.7 Å². The average Bonchev–Trinajstić information content (AvgIpc) is 2.49. The summed E-state index contributed by atoms with van der Waals surface area (Å²) in [6.45, 7) is 3.75. The van der Waals surface area contributed by atoms with Gasteiger partial charge in [0, 0.05) is 25.7 Å². The van der Waals surface area contributed by atoms with Crippen LogP contribution < -0.4 is 10.2 Å². The van der Waals surface area contributed by atoms with E-state index < -0.39 is 15.8 Å². The van der Waals surface area contributed by atoms with Crippen molar-refractivity contribution < 1.29 is 18.0 Å². The third-order valence-electron chi connectivity index (χ3n) is 4.04. The SMILES string of the molecule is CC(C)CS(=O)(=O)CCNC(=O)[C@H]1CC(=O)N(C)c2ccccc21. The zero-order valence-electron chi connectivity index (χ0n) is 14.3. The van der Waals surface area contributed by atoms with Gasteiger partial charge < -0.3 is 10.2 Å². The second kappa shape index (κ2) is 7.34. The lowest BCUT2D eigenvalue weighted by Gasteiger charge is -2.30. The molecule has 24 heavy (non-hydrogen) atoms. The van der Waals surface area contributed by atoms with Crippen LogP contribution >= 0.6 is 0 Å². The zero-order valence-corrected chi connectivity index (χ0v) is 15.1. The van der Waals surface area contributed by atoms with Crippen LogP contribution in [0.25, 0.3) is 0 Å². The van der Waals surface area contributed by atoms with Gasteiger partial charge in [-0.1, -0.05) is 32.0 Å². The highest BCUT2D eigenvalue weighted by Crippen LogP contribution is 2.34. The monoisotopic (exact) mass is 352 g/mol. The molecule has 0 spiro atoms. The highest BCUT2D eigenvalue weighted by molar-refractivity contribution is 7.91. The number of carbonyl (C=O) groups is 2. The fourth-order valence-electron chi connectivity index (χ4n) is 2.92. The first-order chi connectivity index (χ1) is 11.2. The van der Waals surface area contributed by atoms with Crippen molar-refractivity contribution in [1.29, 1.82) is 0 Å². The first kappa shape index (κ1) is 18.4. The Hall–Kier alpha value is -1.89. The van der Waals surface area contributed by atoms with Crippen molar-refractivity contribution in [2.75, 3.05) is 30.0 Å². The van der Waals surface area contributed by atoms with E-state index >= 15 is 0 Å². The third-order valence-corrected chi connectivity index (χ3v) is 6.04. The van der Waals surface area contributed by atoms with Crippen molar-refractivity contribution in [1.82, 2.24) is 5.32 Å². The molecule has 1 N–H and O–H groups in total. The quantitative estimate of drug-likeness (QED) is 0.837. The second-order valence-electron chi connectivity index (χ2n) is 6.57. The number of carbonyl (C=O) groups excluding carboxylic acids is 2. The second-order valence-corrected chi connectivity index (χ2v) is 8.80. The molecule has 2 rings (SSSR count). The van der Waals surface area contributed by atoms with Crippen LogP contribution in [0.15, 0.2) is 24.3 Å². The van der Waals surface area contributed by atoms with E-state index in [4.69, 9.17) is 0 Å². The number of hydrogen-bond donors (Lipinski definition) is 1. The predicted molar refractivity (Wildman–Crippen MR) is 93.7 cm³/mol. The first-order valence-corrected chi connectivity index (χ1v) is 9.87. The number of fused-ring (bicyclic) bond motifs is 1. The summed E-state index contributed by atoms with van der Waals surface area (Å²) in [4.78, 5) is 26.1. The highest BCUT2D eigenvalue weighted by Gasteiger charge is 2.33. The minimum atomic E-state index is -3.18. The van der Waals surface area contributed by atoms with Crippen molar-refractivity contribution in [3.63, 3.8) is 0 Å². The van der Waals surface area contributed by atoms with Gasteiger partial charge in [-0.15, -0.1) is 0 Å². The van der Waals surface area contributed by atoms with Crippen LogP contribution in [-0.4, -0.2) is 45.3 Å². The number of nitrogens with zero attached hydrogens (tertiary/aromatic N) is 1. The Bertz CT molecular complexity index is 728. The van der Waals surface area contributed by atoms with Crippen LogP contribution in [0.3, 0.4) is 0 Å². The lowest BCUT2D eigenvalue weighted by Crippen LogP contribution is -2.40. The number of rotatable bonds is 6. The standard InChI is InChI=1S/C17H24N2O4S/c1-12(2)11-24(22,23)9-8-18-17(21)14-10-16(20)19(3)15-7-5-4-6-13(14)15/h4-7,12,14H,8-11H2,1-3H3,(H,18,21)/t14-/m0/s1. The molecule has 1 heterocycles. The van der Waals surface area contributed by atoms with Gasteiger partial charge in [0.25, 0.3) is 0 Å². The van der Waals surface area contributed by atoms with Crippen molar-refractivity contribution in [2.24, 2.45) is 5.92 Å². The predicted octanol–water partition coefficient (Wildman–Crippen LogP) is 1.32. The first-order valence-electron chi connectivity index (χ1n) is 8.05. The van der Waals surface area contributed by atoms with Crippen molar-refractivity contribution in [3.8, 4) is 0 Å². The molecule has 6 nitrogen and oxygen atoms in total. The number of nitrogens with one attached hydrogen (secondary N) is 1. The summed E-state index contributed by atoms with van der Waals surface area (Å²) in [5.74, 6) is -0.913. The number of benzene rings is 1. The summed E-state index contributed by atoms with van der Waals surface area (Å²) in [7, 11) is -1.49. The minimum Gasteiger partial charge on any atom is -0.355 e. The summed E-state index contributed by atoms with van der Waals surface area (Å²) in [5.41, 5.74) is 1.52. The molecule has 0 fully saturated rings. The van der Waals surface area contributed by atoms with E-state index in [1.54, 1.807) is 18.0 Å². The Morgan fingerprint density at radius 2 is 2.00 bits per heavy atom. The van der Waals surface area contributed by atoms with E-state index in [-0.39, 0.29) is 42.2 Å². The largest absolute Gasteiger partial charge is 0.355 e. The maximum atomic E-state index is 12.4. The number of amides is 2. The Labute approximate surface area is 143 Å². The maximum absolute atomic E-state index is 12.4. The van der Waals surface area contributed by atoms with Gasteiger partial charge in [-0.2, -0.15) is 0 Å². The van der Waals surface area contributed by atoms with Crippen molar-refractivity contribution in [3.05, 3.63) is 29.8 Å². The van der Waals surface area contributed by atoms with Gasteiger partial charge in [0.15, 0.2) is 9.84 Å². The van der Waals surface area contributed by atoms with E-state index in [2.05, 4.69) is 5.32 Å². The smallest absolute Gasteiger partial charge is 0.228 e. The normalized spacial score (nSPS) is 17.8. The molecule has 1 aliphatic rings. The van der Waals surface area contributed by atoms with Gasteiger partial charge in [-0.25, -0.2) is 8.42 Å². The number of hydrogen-bond acceptors (Lipinski definition) is 4. The Balaban J connectivity index is 2.03. The molecule has 2 amide bonds. The highest BCUT2D eigenvalue weighted by atomic mass is 32.2. The van der Waals surface area contributed by atoms with Crippen LogP contribution in [0, 0.1) is 5.92 Å². The molecule has 0 aromatic heterocycles. The van der Waals surface area contributed by atoms with Gasteiger partial charge in [-0.05, 0) is 17.5 Å². The van der Waals surface area contributed by atoms with E-state index in [0.717, 1.165) is 11.3 Å². The molecular formula is C17H24N2O4S. The van der Waals surface area contributed by atoms with Gasteiger partial charge >= 0.3 is 0 Å². The molecule has 7 heteroatoms. The van der Waals surface area contributed by atoms with Crippen molar-refractivity contribution in [2.45, 2.75) is 26.2 Å². The molecule has 0 aliphatic carbocycles. The Kier molecular flexibility index (Phi) is 5.64. The van der Waals surface area contributed by atoms with Gasteiger partial charge in [0.2, 0.25) is 11.8 Å². The van der Waals surface area contributed by atoms with Gasteiger partial charge in [0.1, 0.15) is 0 Å². The topological polar surface area (TPSA) is 83.5 Å². The van der Waals surface area contributed by atoms with Crippen LogP contribution in [0.2, 0.25) is 0 Å². The van der Waals surface area contributed by atoms with E-state index in [1.165, 1.54) is 0 Å². The average molecular weight is 352 g/mol. The summed E-state index contributed by atoms with van der Waals surface area (Å²) < 4.78 is 23.8. The molecule has 0 radical (unpaired) electrons. The number of anilines is 1. The van der Waals surface area contributed by atoms with Gasteiger partial charge in [0.05, 0.1) is 17.4 Å².